The van der Waals surface area contributed by atoms with Crippen LogP contribution in [-0.2, 0) is 20.8 Å². The average Bonchev–Trinajstić information content (AvgIpc) is 2.61. The van der Waals surface area contributed by atoms with E-state index in [1.54, 1.807) is 6.07 Å². The summed E-state index contributed by atoms with van der Waals surface area (Å²) in [4.78, 5) is 21.7. The van der Waals surface area contributed by atoms with Crippen LogP contribution in [0.2, 0.25) is 0 Å². The summed E-state index contributed by atoms with van der Waals surface area (Å²) in [5.74, 6) is -4.30. The lowest BCUT2D eigenvalue weighted by atomic mass is 10.3. The van der Waals surface area contributed by atoms with E-state index in [1.807, 2.05) is 4.90 Å². The lowest BCUT2D eigenvalue weighted by Crippen LogP contribution is -2.37. The molecule has 2 heterocycles. The fraction of sp³-hybridized carbons (Fsp3) is 0.643. The number of hydrogen-bond acceptors (Lipinski definition) is 6. The van der Waals surface area contributed by atoms with Crippen LogP contribution in [0.1, 0.15) is 5.69 Å². The van der Waals surface area contributed by atoms with Crippen LogP contribution in [0, 0.1) is 0 Å². The lowest BCUT2D eigenvalue weighted by Gasteiger charge is -2.27. The third-order valence-corrected chi connectivity index (χ3v) is 3.36. The summed E-state index contributed by atoms with van der Waals surface area (Å²) in [5.41, 5.74) is 0.516. The molecule has 1 aromatic rings. The Hall–Kier alpha value is -2.01. The van der Waals surface area contributed by atoms with Gasteiger partial charge in [-0.2, -0.15) is 8.78 Å². The standard InChI is InChI=1S/C14H18F4N4O3/c15-13(16)14(17,18)8-25-7-12(23)19-6-10-5-11(21-9-20-10)22-1-3-24-4-2-22/h5,9,13H,1-4,6-8H2,(H,19,23). The van der Waals surface area contributed by atoms with Crippen LogP contribution < -0.4 is 10.2 Å². The molecule has 1 aliphatic rings. The summed E-state index contributed by atoms with van der Waals surface area (Å²) in [6, 6.07) is 1.69. The third kappa shape index (κ3) is 6.09. The van der Waals surface area contributed by atoms with E-state index < -0.39 is 31.5 Å². The molecule has 1 N–H and O–H groups in total. The molecule has 0 aromatic carbocycles. The predicted molar refractivity (Wildman–Crippen MR) is 78.7 cm³/mol. The van der Waals surface area contributed by atoms with Gasteiger partial charge in [-0.3, -0.25) is 4.79 Å². The van der Waals surface area contributed by atoms with E-state index in [1.165, 1.54) is 6.33 Å². The van der Waals surface area contributed by atoms with Gasteiger partial charge in [0.05, 0.1) is 25.5 Å². The summed E-state index contributed by atoms with van der Waals surface area (Å²) < 4.78 is 58.7. The molecule has 1 aromatic heterocycles. The second-order valence-corrected chi connectivity index (χ2v) is 5.30. The minimum atomic E-state index is -4.28. The van der Waals surface area contributed by atoms with Crippen molar-refractivity contribution in [3.8, 4) is 0 Å². The predicted octanol–water partition coefficient (Wildman–Crippen LogP) is 0.846. The Morgan fingerprint density at radius 3 is 2.76 bits per heavy atom. The van der Waals surface area contributed by atoms with E-state index in [4.69, 9.17) is 4.74 Å². The van der Waals surface area contributed by atoms with Crippen LogP contribution in [0.3, 0.4) is 0 Å². The second kappa shape index (κ2) is 8.90. The van der Waals surface area contributed by atoms with Crippen molar-refractivity contribution in [3.05, 3.63) is 18.1 Å². The normalized spacial score (nSPS) is 15.5. The first-order chi connectivity index (χ1) is 11.9. The van der Waals surface area contributed by atoms with E-state index in [2.05, 4.69) is 20.0 Å². The molecule has 140 valence electrons. The number of morpholine rings is 1. The lowest BCUT2D eigenvalue weighted by molar-refractivity contribution is -0.168. The number of halogens is 4. The largest absolute Gasteiger partial charge is 0.378 e. The van der Waals surface area contributed by atoms with Gasteiger partial charge in [-0.25, -0.2) is 18.7 Å². The summed E-state index contributed by atoms with van der Waals surface area (Å²) in [5, 5.41) is 2.41. The molecule has 11 heteroatoms. The molecule has 1 amide bonds. The molecule has 25 heavy (non-hydrogen) atoms. The molecular formula is C14H18F4N4O3. The maximum Gasteiger partial charge on any atom is 0.330 e. The van der Waals surface area contributed by atoms with Gasteiger partial charge in [0.2, 0.25) is 5.91 Å². The van der Waals surface area contributed by atoms with Crippen LogP contribution in [0.25, 0.3) is 0 Å². The Bertz CT molecular complexity index is 571. The molecule has 7 nitrogen and oxygen atoms in total. The topological polar surface area (TPSA) is 76.6 Å². The molecule has 0 radical (unpaired) electrons. The number of alkyl halides is 4. The zero-order valence-corrected chi connectivity index (χ0v) is 13.3. The van der Waals surface area contributed by atoms with Crippen LogP contribution in [-0.4, -0.2) is 67.7 Å². The monoisotopic (exact) mass is 366 g/mol. The number of nitrogens with one attached hydrogen (secondary N) is 1. The number of amides is 1. The molecule has 2 rings (SSSR count). The van der Waals surface area contributed by atoms with Crippen LogP contribution in [0.15, 0.2) is 12.4 Å². The van der Waals surface area contributed by atoms with Crippen LogP contribution >= 0.6 is 0 Å². The first kappa shape index (κ1) is 19.3. The molecule has 1 fully saturated rings. The molecule has 0 bridgehead atoms. The minimum Gasteiger partial charge on any atom is -0.378 e. The van der Waals surface area contributed by atoms with Crippen molar-refractivity contribution in [1.29, 1.82) is 0 Å². The Labute approximate surface area is 141 Å². The minimum absolute atomic E-state index is 0.0350. The van der Waals surface area contributed by atoms with Crippen molar-refractivity contribution in [2.75, 3.05) is 44.4 Å². The maximum atomic E-state index is 12.6. The zero-order valence-electron chi connectivity index (χ0n) is 13.3. The number of carbonyl (C=O) groups is 1. The highest BCUT2D eigenvalue weighted by Gasteiger charge is 2.41. The molecule has 0 unspecified atom stereocenters. The van der Waals surface area contributed by atoms with Gasteiger partial charge in [-0.15, -0.1) is 0 Å². The van der Waals surface area contributed by atoms with Gasteiger partial charge in [-0.1, -0.05) is 0 Å². The summed E-state index contributed by atoms with van der Waals surface area (Å²) >= 11 is 0. The molecule has 1 saturated heterocycles. The number of hydrogen-bond donors (Lipinski definition) is 1. The Morgan fingerprint density at radius 2 is 2.08 bits per heavy atom. The quantitative estimate of drug-likeness (QED) is 0.688. The molecule has 0 aliphatic carbocycles. The summed E-state index contributed by atoms with van der Waals surface area (Å²) in [6.45, 7) is 0.334. The molecule has 1 aliphatic heterocycles. The highest BCUT2D eigenvalue weighted by atomic mass is 19.3. The highest BCUT2D eigenvalue weighted by Crippen LogP contribution is 2.22. The van der Waals surface area contributed by atoms with E-state index in [9.17, 15) is 22.4 Å². The van der Waals surface area contributed by atoms with Gasteiger partial charge in [-0.05, 0) is 0 Å². The maximum absolute atomic E-state index is 12.6. The first-order valence-electron chi connectivity index (χ1n) is 7.52. The van der Waals surface area contributed by atoms with E-state index in [0.29, 0.717) is 37.8 Å². The van der Waals surface area contributed by atoms with Gasteiger partial charge >= 0.3 is 12.3 Å². The zero-order chi connectivity index (χ0) is 18.3. The van der Waals surface area contributed by atoms with Crippen molar-refractivity contribution in [3.63, 3.8) is 0 Å². The van der Waals surface area contributed by atoms with Crippen molar-refractivity contribution < 1.29 is 31.8 Å². The van der Waals surface area contributed by atoms with Crippen molar-refractivity contribution >= 4 is 11.7 Å². The fourth-order valence-electron chi connectivity index (χ4n) is 2.03. The number of aromatic nitrogens is 2. The number of nitrogens with zero attached hydrogens (tertiary/aromatic N) is 3. The Morgan fingerprint density at radius 1 is 1.36 bits per heavy atom. The number of ether oxygens (including phenoxy) is 2. The van der Waals surface area contributed by atoms with E-state index in [0.717, 1.165) is 0 Å². The number of rotatable bonds is 8. The van der Waals surface area contributed by atoms with E-state index in [-0.39, 0.29) is 6.54 Å². The number of carbonyl (C=O) groups excluding carboxylic acids is 1. The second-order valence-electron chi connectivity index (χ2n) is 5.30. The molecule has 0 spiro atoms. The van der Waals surface area contributed by atoms with Crippen molar-refractivity contribution in [2.24, 2.45) is 0 Å². The molecular weight excluding hydrogens is 348 g/mol. The average molecular weight is 366 g/mol. The SMILES string of the molecule is O=C(COCC(F)(F)C(F)F)NCc1cc(N2CCOCC2)ncn1. The van der Waals surface area contributed by atoms with Crippen LogP contribution in [0.5, 0.6) is 0 Å². The first-order valence-corrected chi connectivity index (χ1v) is 7.52. The van der Waals surface area contributed by atoms with Gasteiger partial charge in [0.1, 0.15) is 25.4 Å². The summed E-state index contributed by atoms with van der Waals surface area (Å²) in [7, 11) is 0. The third-order valence-electron chi connectivity index (χ3n) is 3.36. The Balaban J connectivity index is 1.76. The molecule has 0 atom stereocenters. The van der Waals surface area contributed by atoms with Gasteiger partial charge < -0.3 is 19.7 Å². The highest BCUT2D eigenvalue weighted by molar-refractivity contribution is 5.77. The Kier molecular flexibility index (Phi) is 6.88. The van der Waals surface area contributed by atoms with Gasteiger partial charge in [0.25, 0.3) is 0 Å². The summed E-state index contributed by atoms with van der Waals surface area (Å²) in [6.07, 6.45) is -2.48. The fourth-order valence-corrected chi connectivity index (χ4v) is 2.03. The molecule has 0 saturated carbocycles. The van der Waals surface area contributed by atoms with Gasteiger partial charge in [0.15, 0.2) is 0 Å². The van der Waals surface area contributed by atoms with Crippen molar-refractivity contribution in [1.82, 2.24) is 15.3 Å². The van der Waals surface area contributed by atoms with Gasteiger partial charge in [0, 0.05) is 19.2 Å². The number of anilines is 1. The van der Waals surface area contributed by atoms with E-state index >= 15 is 0 Å². The van der Waals surface area contributed by atoms with Crippen molar-refractivity contribution in [2.45, 2.75) is 18.9 Å². The smallest absolute Gasteiger partial charge is 0.330 e. The van der Waals surface area contributed by atoms with Crippen LogP contribution in [0.4, 0.5) is 23.4 Å².